The number of aromatic nitrogens is 2. The SMILES string of the molecule is Cc1nc(-c2ccc(NC(=O)c3ccccn3)cc2)co1. The lowest BCUT2D eigenvalue weighted by Crippen LogP contribution is -2.13. The number of nitrogens with zero attached hydrogens (tertiary/aromatic N) is 2. The maximum Gasteiger partial charge on any atom is 0.274 e. The number of carbonyl (C=O) groups excluding carboxylic acids is 1. The number of amides is 1. The van der Waals surface area contributed by atoms with Crippen molar-refractivity contribution in [1.82, 2.24) is 9.97 Å². The summed E-state index contributed by atoms with van der Waals surface area (Å²) in [6, 6.07) is 12.6. The topological polar surface area (TPSA) is 68.0 Å². The van der Waals surface area contributed by atoms with E-state index in [1.807, 2.05) is 24.3 Å². The van der Waals surface area contributed by atoms with Gasteiger partial charge in [0.15, 0.2) is 5.89 Å². The summed E-state index contributed by atoms with van der Waals surface area (Å²) >= 11 is 0. The van der Waals surface area contributed by atoms with Crippen molar-refractivity contribution in [3.05, 3.63) is 66.5 Å². The van der Waals surface area contributed by atoms with Gasteiger partial charge in [-0.05, 0) is 24.3 Å². The highest BCUT2D eigenvalue weighted by Crippen LogP contribution is 2.20. The Hall–Kier alpha value is -2.95. The van der Waals surface area contributed by atoms with Crippen LogP contribution in [0.2, 0.25) is 0 Å². The average molecular weight is 279 g/mol. The average Bonchev–Trinajstić information content (AvgIpc) is 2.95. The van der Waals surface area contributed by atoms with Crippen molar-refractivity contribution in [2.45, 2.75) is 6.92 Å². The van der Waals surface area contributed by atoms with Crippen LogP contribution in [0.15, 0.2) is 59.3 Å². The number of hydrogen-bond donors (Lipinski definition) is 1. The summed E-state index contributed by atoms with van der Waals surface area (Å²) in [5, 5.41) is 2.80. The number of rotatable bonds is 3. The van der Waals surface area contributed by atoms with E-state index in [0.29, 0.717) is 17.3 Å². The molecule has 5 heteroatoms. The van der Waals surface area contributed by atoms with Gasteiger partial charge in [-0.25, -0.2) is 4.98 Å². The van der Waals surface area contributed by atoms with E-state index in [0.717, 1.165) is 11.3 Å². The summed E-state index contributed by atoms with van der Waals surface area (Å²) < 4.78 is 5.18. The Labute approximate surface area is 121 Å². The van der Waals surface area contributed by atoms with E-state index in [-0.39, 0.29) is 5.91 Å². The summed E-state index contributed by atoms with van der Waals surface area (Å²) in [4.78, 5) is 20.2. The summed E-state index contributed by atoms with van der Waals surface area (Å²) in [7, 11) is 0. The minimum absolute atomic E-state index is 0.236. The first-order valence-corrected chi connectivity index (χ1v) is 6.47. The molecular formula is C16H13N3O2. The molecule has 0 bridgehead atoms. The van der Waals surface area contributed by atoms with E-state index in [1.54, 1.807) is 37.6 Å². The molecule has 0 saturated carbocycles. The molecule has 2 aromatic heterocycles. The van der Waals surface area contributed by atoms with Gasteiger partial charge in [0.1, 0.15) is 17.7 Å². The summed E-state index contributed by atoms with van der Waals surface area (Å²) in [5.41, 5.74) is 2.79. The van der Waals surface area contributed by atoms with Crippen LogP contribution in [-0.2, 0) is 0 Å². The monoisotopic (exact) mass is 279 g/mol. The lowest BCUT2D eigenvalue weighted by molar-refractivity contribution is 0.102. The van der Waals surface area contributed by atoms with Crippen molar-refractivity contribution < 1.29 is 9.21 Å². The summed E-state index contributed by atoms with van der Waals surface area (Å²) in [6.07, 6.45) is 3.20. The molecule has 0 aliphatic carbocycles. The number of pyridine rings is 1. The Bertz CT molecular complexity index is 749. The standard InChI is InChI=1S/C16H13N3O2/c1-11-18-15(10-21-11)12-5-7-13(8-6-12)19-16(20)14-4-2-3-9-17-14/h2-10H,1H3,(H,19,20). The fraction of sp³-hybridized carbons (Fsp3) is 0.0625. The maximum absolute atomic E-state index is 12.0. The second kappa shape index (κ2) is 5.58. The van der Waals surface area contributed by atoms with E-state index in [1.165, 1.54) is 0 Å². The molecule has 0 aliphatic rings. The number of nitrogens with one attached hydrogen (secondary N) is 1. The molecule has 1 amide bonds. The second-order valence-corrected chi connectivity index (χ2v) is 4.50. The predicted molar refractivity (Wildman–Crippen MR) is 78.9 cm³/mol. The van der Waals surface area contributed by atoms with Crippen molar-refractivity contribution in [3.63, 3.8) is 0 Å². The van der Waals surface area contributed by atoms with Gasteiger partial charge in [0.25, 0.3) is 5.91 Å². The van der Waals surface area contributed by atoms with Crippen LogP contribution in [0.1, 0.15) is 16.4 Å². The molecule has 0 unspecified atom stereocenters. The van der Waals surface area contributed by atoms with Crippen molar-refractivity contribution in [2.75, 3.05) is 5.32 Å². The first-order chi connectivity index (χ1) is 10.2. The van der Waals surface area contributed by atoms with Gasteiger partial charge in [-0.2, -0.15) is 0 Å². The zero-order chi connectivity index (χ0) is 14.7. The number of anilines is 1. The van der Waals surface area contributed by atoms with E-state index < -0.39 is 0 Å². The number of aryl methyl sites for hydroxylation is 1. The van der Waals surface area contributed by atoms with E-state index in [2.05, 4.69) is 15.3 Å². The molecule has 2 heterocycles. The molecule has 0 saturated heterocycles. The molecule has 0 aliphatic heterocycles. The molecule has 0 atom stereocenters. The first-order valence-electron chi connectivity index (χ1n) is 6.47. The third kappa shape index (κ3) is 2.97. The van der Waals surface area contributed by atoms with Crippen LogP contribution in [0, 0.1) is 6.92 Å². The van der Waals surface area contributed by atoms with Crippen LogP contribution in [0.4, 0.5) is 5.69 Å². The molecule has 1 aromatic carbocycles. The van der Waals surface area contributed by atoms with Gasteiger partial charge in [-0.15, -0.1) is 0 Å². The molecule has 1 N–H and O–H groups in total. The maximum atomic E-state index is 12.0. The zero-order valence-electron chi connectivity index (χ0n) is 11.4. The number of carbonyl (C=O) groups is 1. The molecule has 0 radical (unpaired) electrons. The number of oxazole rings is 1. The minimum Gasteiger partial charge on any atom is -0.449 e. The predicted octanol–water partition coefficient (Wildman–Crippen LogP) is 3.30. The molecule has 3 aromatic rings. The Kier molecular flexibility index (Phi) is 3.47. The summed E-state index contributed by atoms with van der Waals surface area (Å²) in [5.74, 6) is 0.387. The van der Waals surface area contributed by atoms with Gasteiger partial charge in [-0.3, -0.25) is 9.78 Å². The van der Waals surface area contributed by atoms with E-state index in [4.69, 9.17) is 4.42 Å². The molecule has 0 fully saturated rings. The zero-order valence-corrected chi connectivity index (χ0v) is 11.4. The Morgan fingerprint density at radius 3 is 2.57 bits per heavy atom. The normalized spacial score (nSPS) is 10.3. The fourth-order valence-corrected chi connectivity index (χ4v) is 1.91. The van der Waals surface area contributed by atoms with Crippen LogP contribution >= 0.6 is 0 Å². The molecule has 21 heavy (non-hydrogen) atoms. The fourth-order valence-electron chi connectivity index (χ4n) is 1.91. The lowest BCUT2D eigenvalue weighted by atomic mass is 10.1. The largest absolute Gasteiger partial charge is 0.449 e. The highest BCUT2D eigenvalue weighted by molar-refractivity contribution is 6.02. The third-order valence-corrected chi connectivity index (χ3v) is 2.96. The number of hydrogen-bond acceptors (Lipinski definition) is 4. The van der Waals surface area contributed by atoms with Crippen LogP contribution in [0.3, 0.4) is 0 Å². The van der Waals surface area contributed by atoms with Gasteiger partial charge in [0.05, 0.1) is 0 Å². The van der Waals surface area contributed by atoms with Crippen LogP contribution in [0.25, 0.3) is 11.3 Å². The van der Waals surface area contributed by atoms with Crippen molar-refractivity contribution in [1.29, 1.82) is 0 Å². The van der Waals surface area contributed by atoms with E-state index in [9.17, 15) is 4.79 Å². The van der Waals surface area contributed by atoms with Gasteiger partial charge >= 0.3 is 0 Å². The van der Waals surface area contributed by atoms with Crippen LogP contribution in [-0.4, -0.2) is 15.9 Å². The summed E-state index contributed by atoms with van der Waals surface area (Å²) in [6.45, 7) is 1.80. The highest BCUT2D eigenvalue weighted by atomic mass is 16.3. The van der Waals surface area contributed by atoms with Gasteiger partial charge < -0.3 is 9.73 Å². The molecule has 3 rings (SSSR count). The van der Waals surface area contributed by atoms with Gasteiger partial charge in [0, 0.05) is 24.4 Å². The van der Waals surface area contributed by atoms with Crippen molar-refractivity contribution >= 4 is 11.6 Å². The van der Waals surface area contributed by atoms with Crippen molar-refractivity contribution in [3.8, 4) is 11.3 Å². The highest BCUT2D eigenvalue weighted by Gasteiger charge is 2.07. The molecule has 5 nitrogen and oxygen atoms in total. The van der Waals surface area contributed by atoms with Crippen LogP contribution < -0.4 is 5.32 Å². The Morgan fingerprint density at radius 2 is 1.95 bits per heavy atom. The van der Waals surface area contributed by atoms with Crippen molar-refractivity contribution in [2.24, 2.45) is 0 Å². The third-order valence-electron chi connectivity index (χ3n) is 2.96. The quantitative estimate of drug-likeness (QED) is 0.798. The Morgan fingerprint density at radius 1 is 1.14 bits per heavy atom. The first kappa shape index (κ1) is 13.1. The Balaban J connectivity index is 1.74. The minimum atomic E-state index is -0.236. The second-order valence-electron chi connectivity index (χ2n) is 4.50. The van der Waals surface area contributed by atoms with Gasteiger partial charge in [0.2, 0.25) is 0 Å². The molecule has 104 valence electrons. The van der Waals surface area contributed by atoms with Gasteiger partial charge in [-0.1, -0.05) is 18.2 Å². The molecule has 0 spiro atoms. The molecular weight excluding hydrogens is 266 g/mol. The smallest absolute Gasteiger partial charge is 0.274 e. The van der Waals surface area contributed by atoms with E-state index >= 15 is 0 Å². The van der Waals surface area contributed by atoms with Crippen LogP contribution in [0.5, 0.6) is 0 Å². The number of benzene rings is 1. The lowest BCUT2D eigenvalue weighted by Gasteiger charge is -2.05.